The van der Waals surface area contributed by atoms with E-state index in [0.29, 0.717) is 29.4 Å². The highest BCUT2D eigenvalue weighted by Gasteiger charge is 2.16. The Morgan fingerprint density at radius 1 is 1.10 bits per heavy atom. The van der Waals surface area contributed by atoms with Crippen LogP contribution in [0, 0.1) is 6.92 Å². The first-order valence-electron chi connectivity index (χ1n) is 9.33. The van der Waals surface area contributed by atoms with Gasteiger partial charge in [0.15, 0.2) is 5.69 Å². The van der Waals surface area contributed by atoms with E-state index >= 15 is 0 Å². The molecule has 0 aliphatic carbocycles. The van der Waals surface area contributed by atoms with Crippen LogP contribution in [-0.2, 0) is 11.3 Å². The first-order chi connectivity index (χ1) is 14.0. The molecule has 0 unspecified atom stereocenters. The minimum atomic E-state index is -0.309. The van der Waals surface area contributed by atoms with E-state index < -0.39 is 0 Å². The zero-order chi connectivity index (χ0) is 20.8. The molecule has 3 aromatic rings. The van der Waals surface area contributed by atoms with Crippen molar-refractivity contribution in [3.8, 4) is 5.69 Å². The molecule has 8 heteroatoms. The Bertz CT molecular complexity index is 1010. The maximum atomic E-state index is 12.5. The van der Waals surface area contributed by atoms with E-state index in [2.05, 4.69) is 20.8 Å². The van der Waals surface area contributed by atoms with Crippen LogP contribution in [0.3, 0.4) is 0 Å². The number of carbonyl (C=O) groups excluding carboxylic acids is 2. The number of nitrogens with zero attached hydrogens (tertiary/aromatic N) is 3. The van der Waals surface area contributed by atoms with Gasteiger partial charge in [-0.25, -0.2) is 0 Å². The molecule has 2 aromatic carbocycles. The van der Waals surface area contributed by atoms with Crippen LogP contribution < -0.4 is 10.6 Å². The third-order valence-corrected chi connectivity index (χ3v) is 4.44. The summed E-state index contributed by atoms with van der Waals surface area (Å²) in [5.41, 5.74) is 3.11. The second-order valence-corrected chi connectivity index (χ2v) is 7.02. The second-order valence-electron chi connectivity index (χ2n) is 6.58. The fourth-order valence-corrected chi connectivity index (χ4v) is 2.91. The molecule has 2 amide bonds. The van der Waals surface area contributed by atoms with Crippen molar-refractivity contribution >= 4 is 29.1 Å². The van der Waals surface area contributed by atoms with Gasteiger partial charge in [-0.2, -0.15) is 9.90 Å². The molecule has 0 aliphatic rings. The predicted molar refractivity (Wildman–Crippen MR) is 112 cm³/mol. The molecular formula is C21H22ClN5O2. The molecule has 1 heterocycles. The van der Waals surface area contributed by atoms with Crippen LogP contribution in [0.2, 0.25) is 5.02 Å². The van der Waals surface area contributed by atoms with Crippen molar-refractivity contribution in [2.45, 2.75) is 33.2 Å². The molecule has 0 saturated carbocycles. The fraction of sp³-hybridized carbons (Fsp3) is 0.238. The highest BCUT2D eigenvalue weighted by molar-refractivity contribution is 6.30. The number of hydrogen-bond acceptors (Lipinski definition) is 4. The van der Waals surface area contributed by atoms with Crippen LogP contribution in [0.15, 0.2) is 48.5 Å². The molecule has 0 aliphatic heterocycles. The van der Waals surface area contributed by atoms with Gasteiger partial charge in [0.05, 0.1) is 11.4 Å². The Kier molecular flexibility index (Phi) is 6.61. The van der Waals surface area contributed by atoms with Crippen molar-refractivity contribution in [3.05, 3.63) is 70.5 Å². The topological polar surface area (TPSA) is 88.9 Å². The zero-order valence-electron chi connectivity index (χ0n) is 16.3. The number of carbonyl (C=O) groups is 2. The summed E-state index contributed by atoms with van der Waals surface area (Å²) in [5.74, 6) is -0.317. The molecular weight excluding hydrogens is 390 g/mol. The first-order valence-corrected chi connectivity index (χ1v) is 9.71. The molecule has 29 heavy (non-hydrogen) atoms. The number of hydrogen-bond donors (Lipinski definition) is 2. The highest BCUT2D eigenvalue weighted by atomic mass is 35.5. The van der Waals surface area contributed by atoms with Gasteiger partial charge < -0.3 is 10.6 Å². The summed E-state index contributed by atoms with van der Waals surface area (Å²) >= 11 is 6.00. The Labute approximate surface area is 174 Å². The van der Waals surface area contributed by atoms with Crippen LogP contribution in [0.5, 0.6) is 0 Å². The lowest BCUT2D eigenvalue weighted by Gasteiger charge is -2.07. The van der Waals surface area contributed by atoms with Gasteiger partial charge >= 0.3 is 0 Å². The summed E-state index contributed by atoms with van der Waals surface area (Å²) in [5, 5.41) is 14.8. The van der Waals surface area contributed by atoms with Gasteiger partial charge in [0.2, 0.25) is 5.91 Å². The summed E-state index contributed by atoms with van der Waals surface area (Å²) in [7, 11) is 0. The fourth-order valence-electron chi connectivity index (χ4n) is 2.73. The quantitative estimate of drug-likeness (QED) is 0.617. The number of rotatable bonds is 7. The van der Waals surface area contributed by atoms with Crippen LogP contribution in [-0.4, -0.2) is 26.8 Å². The lowest BCUT2D eigenvalue weighted by Crippen LogP contribution is -2.24. The molecule has 2 N–H and O–H groups in total. The number of benzene rings is 2. The van der Waals surface area contributed by atoms with Crippen LogP contribution in [0.4, 0.5) is 5.69 Å². The molecule has 0 spiro atoms. The molecule has 0 radical (unpaired) electrons. The van der Waals surface area contributed by atoms with Crippen molar-refractivity contribution in [2.75, 3.05) is 5.32 Å². The Balaban J connectivity index is 1.62. The van der Waals surface area contributed by atoms with Gasteiger partial charge in [-0.1, -0.05) is 36.7 Å². The monoisotopic (exact) mass is 411 g/mol. The molecule has 0 fully saturated rings. The van der Waals surface area contributed by atoms with E-state index in [1.807, 2.05) is 37.3 Å². The van der Waals surface area contributed by atoms with E-state index in [1.165, 1.54) is 4.80 Å². The zero-order valence-corrected chi connectivity index (χ0v) is 17.0. The van der Waals surface area contributed by atoms with Gasteiger partial charge in [-0.3, -0.25) is 9.59 Å². The van der Waals surface area contributed by atoms with Crippen molar-refractivity contribution in [3.63, 3.8) is 0 Å². The van der Waals surface area contributed by atoms with Crippen LogP contribution in [0.25, 0.3) is 5.69 Å². The normalized spacial score (nSPS) is 10.6. The number of aryl methyl sites for hydroxylation is 1. The summed E-state index contributed by atoms with van der Waals surface area (Å²) in [6, 6.07) is 14.4. The lowest BCUT2D eigenvalue weighted by molar-refractivity contribution is -0.116. The number of halogens is 1. The molecule has 7 nitrogen and oxygen atoms in total. The van der Waals surface area contributed by atoms with Gasteiger partial charge in [0.1, 0.15) is 0 Å². The van der Waals surface area contributed by atoms with E-state index in [1.54, 1.807) is 25.1 Å². The van der Waals surface area contributed by atoms with Gasteiger partial charge in [0.25, 0.3) is 5.91 Å². The van der Waals surface area contributed by atoms with E-state index in [0.717, 1.165) is 17.7 Å². The molecule has 1 aromatic heterocycles. The third kappa shape index (κ3) is 5.42. The Morgan fingerprint density at radius 2 is 1.86 bits per heavy atom. The number of anilines is 1. The predicted octanol–water partition coefficient (Wildman–Crippen LogP) is 3.90. The molecule has 0 saturated heterocycles. The SMILES string of the molecule is CCCC(=O)Nc1ccc(CNC(=O)c2nn(-c3cccc(Cl)c3)nc2C)cc1. The lowest BCUT2D eigenvalue weighted by atomic mass is 10.2. The van der Waals surface area contributed by atoms with Crippen molar-refractivity contribution in [1.29, 1.82) is 0 Å². The number of amides is 2. The van der Waals surface area contributed by atoms with Crippen molar-refractivity contribution in [1.82, 2.24) is 20.3 Å². The van der Waals surface area contributed by atoms with Gasteiger partial charge in [-0.15, -0.1) is 5.10 Å². The number of aromatic nitrogens is 3. The summed E-state index contributed by atoms with van der Waals surface area (Å²) < 4.78 is 0. The molecule has 3 rings (SSSR count). The maximum absolute atomic E-state index is 12.5. The first kappa shape index (κ1) is 20.5. The molecule has 0 bridgehead atoms. The van der Waals surface area contributed by atoms with Crippen LogP contribution >= 0.6 is 11.6 Å². The smallest absolute Gasteiger partial charge is 0.274 e. The summed E-state index contributed by atoms with van der Waals surface area (Å²) in [6.45, 7) is 4.03. The largest absolute Gasteiger partial charge is 0.347 e. The Morgan fingerprint density at radius 3 is 2.55 bits per heavy atom. The summed E-state index contributed by atoms with van der Waals surface area (Å²) in [6.07, 6.45) is 1.30. The highest BCUT2D eigenvalue weighted by Crippen LogP contribution is 2.15. The standard InChI is InChI=1S/C21H22ClN5O2/c1-3-5-19(28)24-17-10-8-15(9-11-17)13-23-21(29)20-14(2)25-27(26-20)18-7-4-6-16(22)12-18/h4,6-12H,3,5,13H2,1-2H3,(H,23,29)(H,24,28). The third-order valence-electron chi connectivity index (χ3n) is 4.20. The maximum Gasteiger partial charge on any atom is 0.274 e. The van der Waals surface area contributed by atoms with Crippen molar-refractivity contribution < 1.29 is 9.59 Å². The van der Waals surface area contributed by atoms with Crippen molar-refractivity contribution in [2.24, 2.45) is 0 Å². The minimum Gasteiger partial charge on any atom is -0.347 e. The average Bonchev–Trinajstić information content (AvgIpc) is 3.09. The van der Waals surface area contributed by atoms with E-state index in [4.69, 9.17) is 11.6 Å². The minimum absolute atomic E-state index is 0.00758. The van der Waals surface area contributed by atoms with E-state index in [-0.39, 0.29) is 17.5 Å². The molecule has 150 valence electrons. The average molecular weight is 412 g/mol. The van der Waals surface area contributed by atoms with E-state index in [9.17, 15) is 9.59 Å². The number of nitrogens with one attached hydrogen (secondary N) is 2. The second kappa shape index (κ2) is 9.34. The van der Waals surface area contributed by atoms with Crippen LogP contribution in [0.1, 0.15) is 41.5 Å². The summed E-state index contributed by atoms with van der Waals surface area (Å²) in [4.78, 5) is 25.6. The van der Waals surface area contributed by atoms with Gasteiger partial charge in [-0.05, 0) is 49.2 Å². The van der Waals surface area contributed by atoms with Gasteiger partial charge in [0, 0.05) is 23.7 Å². The molecule has 0 atom stereocenters. The Hall–Kier alpha value is -3.19.